The molecule has 0 aliphatic carbocycles. The molecule has 0 bridgehead atoms. The van der Waals surface area contributed by atoms with Crippen molar-refractivity contribution in [2.45, 2.75) is 6.54 Å². The van der Waals surface area contributed by atoms with Gasteiger partial charge in [-0.05, 0) is 17.7 Å². The van der Waals surface area contributed by atoms with Crippen LogP contribution in [0.5, 0.6) is 0 Å². The van der Waals surface area contributed by atoms with Crippen LogP contribution in [-0.4, -0.2) is 15.2 Å². The van der Waals surface area contributed by atoms with Gasteiger partial charge in [0.05, 0.1) is 0 Å². The number of aromatic amines is 1. The van der Waals surface area contributed by atoms with E-state index in [1.807, 2.05) is 0 Å². The standard InChI is InChI=1S/C9H9F2N5/c10-6-1-5(2-7(11)3-6)4-13-9-14-8(12)15-16-9/h1-3H,4H2,(H4,12,13,14,15,16). The molecule has 0 unspecified atom stereocenters. The van der Waals surface area contributed by atoms with Crippen molar-refractivity contribution in [3.63, 3.8) is 0 Å². The molecular weight excluding hydrogens is 216 g/mol. The number of aromatic nitrogens is 3. The maximum Gasteiger partial charge on any atom is 0.243 e. The molecule has 16 heavy (non-hydrogen) atoms. The highest BCUT2D eigenvalue weighted by Crippen LogP contribution is 2.09. The van der Waals surface area contributed by atoms with E-state index in [0.717, 1.165) is 6.07 Å². The maximum absolute atomic E-state index is 12.8. The zero-order chi connectivity index (χ0) is 11.5. The predicted octanol–water partition coefficient (Wildman–Crippen LogP) is 1.28. The Kier molecular flexibility index (Phi) is 2.67. The quantitative estimate of drug-likeness (QED) is 0.735. The van der Waals surface area contributed by atoms with Crippen LogP contribution in [0.1, 0.15) is 5.56 Å². The Bertz CT molecular complexity index is 476. The molecule has 0 amide bonds. The van der Waals surface area contributed by atoms with Crippen LogP contribution >= 0.6 is 0 Å². The van der Waals surface area contributed by atoms with Crippen LogP contribution < -0.4 is 11.1 Å². The topological polar surface area (TPSA) is 79.6 Å². The molecule has 1 heterocycles. The molecule has 4 N–H and O–H groups in total. The summed E-state index contributed by atoms with van der Waals surface area (Å²) >= 11 is 0. The molecule has 2 aromatic rings. The minimum absolute atomic E-state index is 0.174. The number of nitrogens with one attached hydrogen (secondary N) is 2. The highest BCUT2D eigenvalue weighted by atomic mass is 19.1. The Balaban J connectivity index is 2.04. The summed E-state index contributed by atoms with van der Waals surface area (Å²) in [5.74, 6) is -0.785. The van der Waals surface area contributed by atoms with Gasteiger partial charge in [0.1, 0.15) is 11.6 Å². The van der Waals surface area contributed by atoms with Crippen molar-refractivity contribution in [2.75, 3.05) is 11.1 Å². The monoisotopic (exact) mass is 225 g/mol. The summed E-state index contributed by atoms with van der Waals surface area (Å²) in [4.78, 5) is 3.78. The van der Waals surface area contributed by atoms with Gasteiger partial charge in [-0.1, -0.05) is 0 Å². The number of nitrogens with two attached hydrogens (primary N) is 1. The molecule has 0 spiro atoms. The number of anilines is 2. The van der Waals surface area contributed by atoms with Crippen molar-refractivity contribution in [1.82, 2.24) is 15.2 Å². The van der Waals surface area contributed by atoms with Crippen molar-refractivity contribution in [1.29, 1.82) is 0 Å². The summed E-state index contributed by atoms with van der Waals surface area (Å²) in [5, 5.41) is 8.92. The van der Waals surface area contributed by atoms with Gasteiger partial charge in [0.15, 0.2) is 0 Å². The lowest BCUT2D eigenvalue weighted by molar-refractivity contribution is 0.580. The van der Waals surface area contributed by atoms with Crippen LogP contribution in [0, 0.1) is 11.6 Å². The highest BCUT2D eigenvalue weighted by molar-refractivity contribution is 5.31. The second-order valence-corrected chi connectivity index (χ2v) is 3.18. The zero-order valence-corrected chi connectivity index (χ0v) is 8.17. The van der Waals surface area contributed by atoms with Gasteiger partial charge in [-0.25, -0.2) is 13.9 Å². The predicted molar refractivity (Wildman–Crippen MR) is 54.5 cm³/mol. The zero-order valence-electron chi connectivity index (χ0n) is 8.17. The largest absolute Gasteiger partial charge is 0.368 e. The lowest BCUT2D eigenvalue weighted by atomic mass is 10.2. The Hall–Kier alpha value is -2.18. The van der Waals surface area contributed by atoms with Crippen molar-refractivity contribution >= 4 is 11.9 Å². The molecule has 0 saturated carbocycles. The van der Waals surface area contributed by atoms with Gasteiger partial charge < -0.3 is 11.1 Å². The van der Waals surface area contributed by atoms with E-state index in [4.69, 9.17) is 5.73 Å². The molecule has 2 rings (SSSR count). The van der Waals surface area contributed by atoms with E-state index in [1.54, 1.807) is 0 Å². The molecule has 1 aromatic heterocycles. The van der Waals surface area contributed by atoms with Crippen LogP contribution in [0.4, 0.5) is 20.7 Å². The van der Waals surface area contributed by atoms with Crippen LogP contribution in [0.15, 0.2) is 18.2 Å². The molecule has 0 radical (unpaired) electrons. The van der Waals surface area contributed by atoms with E-state index >= 15 is 0 Å². The van der Waals surface area contributed by atoms with E-state index in [1.165, 1.54) is 12.1 Å². The summed E-state index contributed by atoms with van der Waals surface area (Å²) in [6.45, 7) is 0.214. The van der Waals surface area contributed by atoms with Gasteiger partial charge in [0.2, 0.25) is 11.9 Å². The first-order valence-corrected chi connectivity index (χ1v) is 4.50. The van der Waals surface area contributed by atoms with Gasteiger partial charge in [0.25, 0.3) is 0 Å². The molecule has 84 valence electrons. The van der Waals surface area contributed by atoms with Crippen molar-refractivity contribution in [3.8, 4) is 0 Å². The third-order valence-electron chi connectivity index (χ3n) is 1.88. The lowest BCUT2D eigenvalue weighted by Gasteiger charge is -2.02. The molecular formula is C9H9F2N5. The van der Waals surface area contributed by atoms with E-state index in [2.05, 4.69) is 20.5 Å². The first kappa shape index (κ1) is 10.3. The van der Waals surface area contributed by atoms with E-state index in [0.29, 0.717) is 5.56 Å². The Morgan fingerprint density at radius 3 is 2.50 bits per heavy atom. The van der Waals surface area contributed by atoms with Gasteiger partial charge in [0, 0.05) is 12.6 Å². The first-order chi connectivity index (χ1) is 7.63. The van der Waals surface area contributed by atoms with Gasteiger partial charge in [-0.2, -0.15) is 4.98 Å². The molecule has 0 saturated heterocycles. The van der Waals surface area contributed by atoms with Crippen LogP contribution in [0.25, 0.3) is 0 Å². The van der Waals surface area contributed by atoms with E-state index in [-0.39, 0.29) is 18.4 Å². The smallest absolute Gasteiger partial charge is 0.243 e. The van der Waals surface area contributed by atoms with Gasteiger partial charge in [-0.3, -0.25) is 0 Å². The maximum atomic E-state index is 12.8. The first-order valence-electron chi connectivity index (χ1n) is 4.50. The molecule has 0 aliphatic rings. The summed E-state index contributed by atoms with van der Waals surface area (Å²) in [7, 11) is 0. The third kappa shape index (κ3) is 2.44. The molecule has 1 aromatic carbocycles. The SMILES string of the molecule is Nc1nc(NCc2cc(F)cc(F)c2)n[nH]1. The summed E-state index contributed by atoms with van der Waals surface area (Å²) in [6.07, 6.45) is 0. The van der Waals surface area contributed by atoms with Crippen LogP contribution in [0.3, 0.4) is 0 Å². The molecule has 7 heteroatoms. The highest BCUT2D eigenvalue weighted by Gasteiger charge is 2.02. The molecule has 5 nitrogen and oxygen atoms in total. The van der Waals surface area contributed by atoms with Crippen molar-refractivity contribution in [2.24, 2.45) is 0 Å². The number of hydrogen-bond acceptors (Lipinski definition) is 4. The number of nitrogen functional groups attached to an aromatic ring is 1. The average Bonchev–Trinajstić information content (AvgIpc) is 2.60. The molecule has 0 atom stereocenters. The second kappa shape index (κ2) is 4.13. The van der Waals surface area contributed by atoms with E-state index < -0.39 is 11.6 Å². The second-order valence-electron chi connectivity index (χ2n) is 3.18. The van der Waals surface area contributed by atoms with Crippen LogP contribution in [-0.2, 0) is 6.54 Å². The minimum atomic E-state index is -0.619. The fourth-order valence-corrected chi connectivity index (χ4v) is 1.25. The summed E-state index contributed by atoms with van der Waals surface area (Å²) in [6, 6.07) is 3.27. The van der Waals surface area contributed by atoms with Gasteiger partial charge >= 0.3 is 0 Å². The number of rotatable bonds is 3. The van der Waals surface area contributed by atoms with E-state index in [9.17, 15) is 8.78 Å². The van der Waals surface area contributed by atoms with Crippen LogP contribution in [0.2, 0.25) is 0 Å². The number of halogens is 2. The molecule has 0 aliphatic heterocycles. The average molecular weight is 225 g/mol. The van der Waals surface area contributed by atoms with Crippen molar-refractivity contribution in [3.05, 3.63) is 35.4 Å². The number of hydrogen-bond donors (Lipinski definition) is 3. The normalized spacial score (nSPS) is 10.4. The fraction of sp³-hybridized carbons (Fsp3) is 0.111. The summed E-state index contributed by atoms with van der Waals surface area (Å²) in [5.41, 5.74) is 5.77. The molecule has 0 fully saturated rings. The summed E-state index contributed by atoms with van der Waals surface area (Å²) < 4.78 is 25.7. The fourth-order valence-electron chi connectivity index (χ4n) is 1.25. The number of benzene rings is 1. The lowest BCUT2D eigenvalue weighted by Crippen LogP contribution is -2.02. The van der Waals surface area contributed by atoms with Crippen molar-refractivity contribution < 1.29 is 8.78 Å². The number of nitrogens with zero attached hydrogens (tertiary/aromatic N) is 2. The van der Waals surface area contributed by atoms with Gasteiger partial charge in [-0.15, -0.1) is 5.10 Å². The Labute approximate surface area is 89.7 Å². The third-order valence-corrected chi connectivity index (χ3v) is 1.88. The minimum Gasteiger partial charge on any atom is -0.368 e. The Morgan fingerprint density at radius 2 is 1.94 bits per heavy atom. The number of H-pyrrole nitrogens is 1. The Morgan fingerprint density at radius 1 is 1.25 bits per heavy atom.